The van der Waals surface area contributed by atoms with Gasteiger partial charge in [-0.15, -0.1) is 0 Å². The fourth-order valence-corrected chi connectivity index (χ4v) is 7.88. The summed E-state index contributed by atoms with van der Waals surface area (Å²) in [5.41, 5.74) is 11.9. The summed E-state index contributed by atoms with van der Waals surface area (Å²) >= 11 is 0. The van der Waals surface area contributed by atoms with E-state index in [-0.39, 0.29) is 10.8 Å². The largest absolute Gasteiger partial charge is 0.309 e. The number of aromatic nitrogens is 4. The lowest BCUT2D eigenvalue weighted by Crippen LogP contribution is -2.21. The van der Waals surface area contributed by atoms with Gasteiger partial charge in [-0.3, -0.25) is 9.97 Å². The standard InChI is InChI=1S/C46H38N4/c1-45(2,33-17-21-35(22-18-33)49-41-11-7-5-9-37(41)39-29-47-27-25-43(39)49)31-13-15-32(16-14-31)46(3,4)34-19-23-36(24-20-34)50-42-12-8-6-10-38(42)40-30-48-28-26-44(40)50/h5-30H,1-4H3. The van der Waals surface area contributed by atoms with Gasteiger partial charge in [0.25, 0.3) is 0 Å². The Labute approximate surface area is 292 Å². The van der Waals surface area contributed by atoms with Crippen molar-refractivity contribution in [2.24, 2.45) is 0 Å². The molecule has 4 heteroatoms. The average molecular weight is 647 g/mol. The third-order valence-corrected chi connectivity index (χ3v) is 11.0. The van der Waals surface area contributed by atoms with Crippen LogP contribution >= 0.6 is 0 Å². The van der Waals surface area contributed by atoms with Gasteiger partial charge in [-0.1, -0.05) is 113 Å². The van der Waals surface area contributed by atoms with Gasteiger partial charge in [-0.05, 0) is 70.8 Å². The molecule has 0 saturated carbocycles. The number of hydrogen-bond acceptors (Lipinski definition) is 2. The molecular formula is C46H38N4. The molecule has 0 atom stereocenters. The Balaban J connectivity index is 0.997. The minimum atomic E-state index is -0.161. The fraction of sp³-hybridized carbons (Fsp3) is 0.130. The van der Waals surface area contributed by atoms with E-state index in [9.17, 15) is 0 Å². The first-order valence-corrected chi connectivity index (χ1v) is 17.3. The molecule has 0 aliphatic carbocycles. The van der Waals surface area contributed by atoms with Gasteiger partial charge >= 0.3 is 0 Å². The van der Waals surface area contributed by atoms with E-state index in [0.717, 1.165) is 11.4 Å². The lowest BCUT2D eigenvalue weighted by atomic mass is 9.74. The van der Waals surface area contributed by atoms with Crippen LogP contribution in [0.15, 0.2) is 158 Å². The highest BCUT2D eigenvalue weighted by Crippen LogP contribution is 2.38. The molecule has 5 aromatic carbocycles. The Morgan fingerprint density at radius 2 is 0.680 bits per heavy atom. The number of nitrogens with zero attached hydrogens (tertiary/aromatic N) is 4. The van der Waals surface area contributed by atoms with E-state index < -0.39 is 0 Å². The highest BCUT2D eigenvalue weighted by Gasteiger charge is 2.27. The molecule has 242 valence electrons. The molecule has 50 heavy (non-hydrogen) atoms. The molecule has 0 saturated heterocycles. The summed E-state index contributed by atoms with van der Waals surface area (Å²) in [6, 6.07) is 48.7. The van der Waals surface area contributed by atoms with Crippen LogP contribution in [-0.2, 0) is 10.8 Å². The van der Waals surface area contributed by atoms with Gasteiger partial charge < -0.3 is 9.13 Å². The quantitative estimate of drug-likeness (QED) is 0.180. The average Bonchev–Trinajstić information content (AvgIpc) is 3.68. The van der Waals surface area contributed by atoms with E-state index in [0.29, 0.717) is 0 Å². The summed E-state index contributed by atoms with van der Waals surface area (Å²) in [5.74, 6) is 0. The molecule has 9 aromatic rings. The van der Waals surface area contributed by atoms with Crippen LogP contribution in [0.4, 0.5) is 0 Å². The summed E-state index contributed by atoms with van der Waals surface area (Å²) in [7, 11) is 0. The Morgan fingerprint density at radius 3 is 1.06 bits per heavy atom. The lowest BCUT2D eigenvalue weighted by molar-refractivity contribution is 0.626. The number of benzene rings is 5. The van der Waals surface area contributed by atoms with Gasteiger partial charge in [-0.25, -0.2) is 0 Å². The predicted octanol–water partition coefficient (Wildman–Crippen LogP) is 11.3. The van der Waals surface area contributed by atoms with Crippen molar-refractivity contribution in [3.63, 3.8) is 0 Å². The van der Waals surface area contributed by atoms with Crippen LogP contribution in [0.3, 0.4) is 0 Å². The maximum Gasteiger partial charge on any atom is 0.0571 e. The molecule has 0 unspecified atom stereocenters. The maximum atomic E-state index is 4.40. The maximum absolute atomic E-state index is 4.40. The van der Waals surface area contributed by atoms with Crippen LogP contribution in [0.5, 0.6) is 0 Å². The van der Waals surface area contributed by atoms with Crippen LogP contribution in [0.1, 0.15) is 49.9 Å². The molecule has 0 bridgehead atoms. The van der Waals surface area contributed by atoms with E-state index in [4.69, 9.17) is 0 Å². The van der Waals surface area contributed by atoms with Crippen molar-refractivity contribution in [2.45, 2.75) is 38.5 Å². The second-order valence-corrected chi connectivity index (χ2v) is 14.4. The van der Waals surface area contributed by atoms with E-state index in [2.05, 4.69) is 180 Å². The van der Waals surface area contributed by atoms with Gasteiger partial charge in [-0.2, -0.15) is 0 Å². The van der Waals surface area contributed by atoms with Crippen molar-refractivity contribution in [1.82, 2.24) is 19.1 Å². The van der Waals surface area contributed by atoms with Gasteiger partial charge in [0, 0.05) is 68.5 Å². The van der Waals surface area contributed by atoms with Crippen LogP contribution < -0.4 is 0 Å². The number of para-hydroxylation sites is 2. The van der Waals surface area contributed by atoms with E-state index in [1.807, 2.05) is 24.8 Å². The van der Waals surface area contributed by atoms with Gasteiger partial charge in [0.1, 0.15) is 0 Å². The van der Waals surface area contributed by atoms with Gasteiger partial charge in [0.15, 0.2) is 0 Å². The molecule has 0 aliphatic rings. The first kappa shape index (κ1) is 30.1. The van der Waals surface area contributed by atoms with E-state index in [1.54, 1.807) is 0 Å². The number of rotatable bonds is 6. The summed E-state index contributed by atoms with van der Waals surface area (Å²) in [4.78, 5) is 8.81. The zero-order chi connectivity index (χ0) is 34.0. The molecule has 0 radical (unpaired) electrons. The minimum Gasteiger partial charge on any atom is -0.309 e. The third-order valence-electron chi connectivity index (χ3n) is 11.0. The van der Waals surface area contributed by atoms with Crippen molar-refractivity contribution in [2.75, 3.05) is 0 Å². The molecule has 0 N–H and O–H groups in total. The van der Waals surface area contributed by atoms with Crippen molar-refractivity contribution in [1.29, 1.82) is 0 Å². The Hall–Kier alpha value is -6.00. The Morgan fingerprint density at radius 1 is 0.360 bits per heavy atom. The van der Waals surface area contributed by atoms with Crippen molar-refractivity contribution in [3.05, 3.63) is 181 Å². The molecular weight excluding hydrogens is 609 g/mol. The van der Waals surface area contributed by atoms with Crippen molar-refractivity contribution in [3.8, 4) is 11.4 Å². The molecule has 0 amide bonds. The number of pyridine rings is 2. The molecule has 4 nitrogen and oxygen atoms in total. The second-order valence-electron chi connectivity index (χ2n) is 14.4. The first-order valence-electron chi connectivity index (χ1n) is 17.3. The normalized spacial score (nSPS) is 12.4. The fourth-order valence-electron chi connectivity index (χ4n) is 7.88. The summed E-state index contributed by atoms with van der Waals surface area (Å²) in [6.07, 6.45) is 7.69. The molecule has 9 rings (SSSR count). The third kappa shape index (κ3) is 4.59. The van der Waals surface area contributed by atoms with Crippen LogP contribution in [0.25, 0.3) is 55.0 Å². The van der Waals surface area contributed by atoms with Crippen molar-refractivity contribution < 1.29 is 0 Å². The Bertz CT molecular complexity index is 2380. The number of hydrogen-bond donors (Lipinski definition) is 0. The molecule has 0 spiro atoms. The molecule has 4 aromatic heterocycles. The van der Waals surface area contributed by atoms with E-state index >= 15 is 0 Å². The van der Waals surface area contributed by atoms with Crippen LogP contribution in [-0.4, -0.2) is 19.1 Å². The highest BCUT2D eigenvalue weighted by molar-refractivity contribution is 6.09. The lowest BCUT2D eigenvalue weighted by Gasteiger charge is -2.30. The van der Waals surface area contributed by atoms with Crippen LogP contribution in [0.2, 0.25) is 0 Å². The van der Waals surface area contributed by atoms with Gasteiger partial charge in [0.05, 0.1) is 22.1 Å². The van der Waals surface area contributed by atoms with Gasteiger partial charge in [0.2, 0.25) is 0 Å². The smallest absolute Gasteiger partial charge is 0.0571 e. The van der Waals surface area contributed by atoms with Crippen LogP contribution in [0, 0.1) is 0 Å². The zero-order valence-electron chi connectivity index (χ0n) is 28.8. The van der Waals surface area contributed by atoms with E-state index in [1.165, 1.54) is 65.9 Å². The van der Waals surface area contributed by atoms with Crippen molar-refractivity contribution >= 4 is 43.6 Å². The number of fused-ring (bicyclic) bond motifs is 6. The molecule has 0 aliphatic heterocycles. The topological polar surface area (TPSA) is 35.6 Å². The zero-order valence-corrected chi connectivity index (χ0v) is 28.8. The molecule has 0 fully saturated rings. The highest BCUT2D eigenvalue weighted by atomic mass is 15.0. The minimum absolute atomic E-state index is 0.161. The summed E-state index contributed by atoms with van der Waals surface area (Å²) in [5, 5.41) is 4.79. The summed E-state index contributed by atoms with van der Waals surface area (Å²) < 4.78 is 4.68. The summed E-state index contributed by atoms with van der Waals surface area (Å²) in [6.45, 7) is 9.27. The second kappa shape index (κ2) is 11.3. The SMILES string of the molecule is CC(C)(c1ccc(-n2c3ccccc3c3cnccc32)cc1)c1ccc(C(C)(C)c2ccc(-n3c4ccccc4c4cnccc43)cc2)cc1. The first-order chi connectivity index (χ1) is 24.3. The monoisotopic (exact) mass is 646 g/mol. The molecule has 4 heterocycles. The predicted molar refractivity (Wildman–Crippen MR) is 208 cm³/mol. The Kier molecular flexibility index (Phi) is 6.79.